The normalized spacial score (nSPS) is 10.3. The molecule has 2 nitrogen and oxygen atoms in total. The first-order valence-corrected chi connectivity index (χ1v) is 5.20. The Balaban J connectivity index is 2.99. The molecule has 0 radical (unpaired) electrons. The standard InChI is InChI=1S/C10H13BrFNO/c1-14-10-6-7(11)5-9(12)8(10)3-2-4-13/h5-6H,2-4,13H2,1H3. The third-order valence-electron chi connectivity index (χ3n) is 1.97. The average molecular weight is 262 g/mol. The van der Waals surface area contributed by atoms with Crippen LogP contribution < -0.4 is 10.5 Å². The zero-order valence-electron chi connectivity index (χ0n) is 8.02. The van der Waals surface area contributed by atoms with Crippen LogP contribution in [0.3, 0.4) is 0 Å². The lowest BCUT2D eigenvalue weighted by molar-refractivity contribution is 0.403. The fourth-order valence-corrected chi connectivity index (χ4v) is 1.69. The second kappa shape index (κ2) is 5.32. The van der Waals surface area contributed by atoms with E-state index in [0.29, 0.717) is 28.8 Å². The van der Waals surface area contributed by atoms with Crippen molar-refractivity contribution in [2.75, 3.05) is 13.7 Å². The van der Waals surface area contributed by atoms with E-state index in [0.717, 1.165) is 6.42 Å². The third-order valence-corrected chi connectivity index (χ3v) is 2.43. The number of halogens is 2. The molecule has 0 bridgehead atoms. The highest BCUT2D eigenvalue weighted by Crippen LogP contribution is 2.27. The molecule has 0 aliphatic rings. The Labute approximate surface area is 91.4 Å². The Hall–Kier alpha value is -0.610. The van der Waals surface area contributed by atoms with Crippen molar-refractivity contribution in [2.24, 2.45) is 5.73 Å². The minimum atomic E-state index is -0.246. The Morgan fingerprint density at radius 1 is 1.50 bits per heavy atom. The van der Waals surface area contributed by atoms with Crippen LogP contribution >= 0.6 is 15.9 Å². The van der Waals surface area contributed by atoms with E-state index in [1.54, 1.807) is 6.07 Å². The van der Waals surface area contributed by atoms with Gasteiger partial charge in [-0.1, -0.05) is 15.9 Å². The van der Waals surface area contributed by atoms with Crippen molar-refractivity contribution in [3.63, 3.8) is 0 Å². The molecule has 0 heterocycles. The summed E-state index contributed by atoms with van der Waals surface area (Å²) in [4.78, 5) is 0. The van der Waals surface area contributed by atoms with Gasteiger partial charge in [0.1, 0.15) is 11.6 Å². The van der Waals surface area contributed by atoms with Gasteiger partial charge < -0.3 is 10.5 Å². The molecule has 2 N–H and O–H groups in total. The van der Waals surface area contributed by atoms with Gasteiger partial charge in [-0.2, -0.15) is 0 Å². The predicted molar refractivity (Wildman–Crippen MR) is 58.0 cm³/mol. The van der Waals surface area contributed by atoms with Crippen molar-refractivity contribution in [3.8, 4) is 5.75 Å². The van der Waals surface area contributed by atoms with Gasteiger partial charge in [0, 0.05) is 10.0 Å². The van der Waals surface area contributed by atoms with E-state index in [-0.39, 0.29) is 5.82 Å². The summed E-state index contributed by atoms with van der Waals surface area (Å²) in [6.07, 6.45) is 1.37. The zero-order chi connectivity index (χ0) is 10.6. The number of hydrogen-bond donors (Lipinski definition) is 1. The Bertz CT molecular complexity index is 317. The van der Waals surface area contributed by atoms with Gasteiger partial charge in [0.2, 0.25) is 0 Å². The van der Waals surface area contributed by atoms with E-state index in [4.69, 9.17) is 10.5 Å². The lowest BCUT2D eigenvalue weighted by Crippen LogP contribution is -2.03. The minimum Gasteiger partial charge on any atom is -0.496 e. The second-order valence-corrected chi connectivity index (χ2v) is 3.88. The molecule has 0 spiro atoms. The van der Waals surface area contributed by atoms with E-state index in [1.807, 2.05) is 0 Å². The van der Waals surface area contributed by atoms with Crippen LogP contribution in [0.25, 0.3) is 0 Å². The van der Waals surface area contributed by atoms with Crippen LogP contribution in [0.15, 0.2) is 16.6 Å². The number of nitrogens with two attached hydrogens (primary N) is 1. The maximum absolute atomic E-state index is 13.5. The Morgan fingerprint density at radius 2 is 2.21 bits per heavy atom. The van der Waals surface area contributed by atoms with Gasteiger partial charge in [-0.15, -0.1) is 0 Å². The summed E-state index contributed by atoms with van der Waals surface area (Å²) in [6.45, 7) is 0.554. The number of methoxy groups -OCH3 is 1. The minimum absolute atomic E-state index is 0.246. The first-order valence-electron chi connectivity index (χ1n) is 4.41. The molecule has 0 aliphatic heterocycles. The smallest absolute Gasteiger partial charge is 0.131 e. The van der Waals surface area contributed by atoms with Gasteiger partial charge in [0.25, 0.3) is 0 Å². The number of hydrogen-bond acceptors (Lipinski definition) is 2. The molecule has 0 saturated heterocycles. The van der Waals surface area contributed by atoms with Crippen LogP contribution in [0.1, 0.15) is 12.0 Å². The Morgan fingerprint density at radius 3 is 2.79 bits per heavy atom. The molecule has 0 saturated carbocycles. The van der Waals surface area contributed by atoms with Gasteiger partial charge in [-0.05, 0) is 31.5 Å². The molecule has 78 valence electrons. The van der Waals surface area contributed by atoms with Crippen molar-refractivity contribution in [1.82, 2.24) is 0 Å². The first-order chi connectivity index (χ1) is 6.69. The SMILES string of the molecule is COc1cc(Br)cc(F)c1CCCN. The molecule has 0 atom stereocenters. The first kappa shape index (κ1) is 11.5. The van der Waals surface area contributed by atoms with Gasteiger partial charge in [-0.25, -0.2) is 4.39 Å². The molecule has 1 aromatic carbocycles. The summed E-state index contributed by atoms with van der Waals surface area (Å²) in [7, 11) is 1.53. The largest absolute Gasteiger partial charge is 0.496 e. The highest BCUT2D eigenvalue weighted by molar-refractivity contribution is 9.10. The van der Waals surface area contributed by atoms with Gasteiger partial charge >= 0.3 is 0 Å². The Kier molecular flexibility index (Phi) is 4.35. The van der Waals surface area contributed by atoms with Gasteiger partial charge in [-0.3, -0.25) is 0 Å². The summed E-state index contributed by atoms with van der Waals surface area (Å²) < 4.78 is 19.2. The van der Waals surface area contributed by atoms with Crippen molar-refractivity contribution in [2.45, 2.75) is 12.8 Å². The lowest BCUT2D eigenvalue weighted by Gasteiger charge is -2.09. The number of benzene rings is 1. The molecule has 0 fully saturated rings. The molecular weight excluding hydrogens is 249 g/mol. The van der Waals surface area contributed by atoms with E-state index < -0.39 is 0 Å². The summed E-state index contributed by atoms with van der Waals surface area (Å²) in [5.41, 5.74) is 5.97. The molecule has 0 unspecified atom stereocenters. The molecule has 4 heteroatoms. The zero-order valence-corrected chi connectivity index (χ0v) is 9.60. The van der Waals surface area contributed by atoms with E-state index in [2.05, 4.69) is 15.9 Å². The molecule has 14 heavy (non-hydrogen) atoms. The highest BCUT2D eigenvalue weighted by Gasteiger charge is 2.10. The molecular formula is C10H13BrFNO. The van der Waals surface area contributed by atoms with Crippen LogP contribution in [-0.4, -0.2) is 13.7 Å². The van der Waals surface area contributed by atoms with Crippen molar-refractivity contribution in [3.05, 3.63) is 28.0 Å². The summed E-state index contributed by atoms with van der Waals surface area (Å²) >= 11 is 3.21. The van der Waals surface area contributed by atoms with Gasteiger partial charge in [0.15, 0.2) is 0 Å². The van der Waals surface area contributed by atoms with Crippen LogP contribution in [0.2, 0.25) is 0 Å². The molecule has 0 amide bonds. The lowest BCUT2D eigenvalue weighted by atomic mass is 10.1. The quantitative estimate of drug-likeness (QED) is 0.904. The number of rotatable bonds is 4. The van der Waals surface area contributed by atoms with Crippen LogP contribution in [-0.2, 0) is 6.42 Å². The third kappa shape index (κ3) is 2.69. The summed E-state index contributed by atoms with van der Waals surface area (Å²) in [6, 6.07) is 3.20. The summed E-state index contributed by atoms with van der Waals surface area (Å²) in [5.74, 6) is 0.329. The van der Waals surface area contributed by atoms with E-state index in [9.17, 15) is 4.39 Å². The van der Waals surface area contributed by atoms with Crippen LogP contribution in [0.5, 0.6) is 5.75 Å². The van der Waals surface area contributed by atoms with Crippen LogP contribution in [0.4, 0.5) is 4.39 Å². The predicted octanol–water partition coefficient (Wildman–Crippen LogP) is 2.49. The fraction of sp³-hybridized carbons (Fsp3) is 0.400. The monoisotopic (exact) mass is 261 g/mol. The van der Waals surface area contributed by atoms with E-state index in [1.165, 1.54) is 13.2 Å². The molecule has 1 aromatic rings. The average Bonchev–Trinajstić information content (AvgIpc) is 2.15. The molecule has 0 aromatic heterocycles. The topological polar surface area (TPSA) is 35.2 Å². The van der Waals surface area contributed by atoms with Crippen molar-refractivity contribution < 1.29 is 9.13 Å². The molecule has 0 aliphatic carbocycles. The summed E-state index contributed by atoms with van der Waals surface area (Å²) in [5, 5.41) is 0. The van der Waals surface area contributed by atoms with Crippen LogP contribution in [0, 0.1) is 5.82 Å². The maximum atomic E-state index is 13.5. The van der Waals surface area contributed by atoms with Crippen molar-refractivity contribution >= 4 is 15.9 Å². The number of ether oxygens (including phenoxy) is 1. The maximum Gasteiger partial charge on any atom is 0.131 e. The van der Waals surface area contributed by atoms with E-state index >= 15 is 0 Å². The fourth-order valence-electron chi connectivity index (χ4n) is 1.28. The molecule has 1 rings (SSSR count). The van der Waals surface area contributed by atoms with Crippen molar-refractivity contribution in [1.29, 1.82) is 0 Å². The second-order valence-electron chi connectivity index (χ2n) is 2.96. The van der Waals surface area contributed by atoms with Gasteiger partial charge in [0.05, 0.1) is 7.11 Å². The highest BCUT2D eigenvalue weighted by atomic mass is 79.9.